The first-order chi connectivity index (χ1) is 7.27. The molecule has 1 amide bonds. The van der Waals surface area contributed by atoms with Gasteiger partial charge in [-0.1, -0.05) is 6.07 Å². The minimum atomic E-state index is 0.00741. The molecular weight excluding hydrogens is 210 g/mol. The van der Waals surface area contributed by atoms with E-state index in [1.165, 1.54) is 11.3 Å². The Morgan fingerprint density at radius 2 is 2.60 bits per heavy atom. The fourth-order valence-electron chi connectivity index (χ4n) is 1.78. The van der Waals surface area contributed by atoms with Crippen LogP contribution in [-0.2, 0) is 4.74 Å². The lowest BCUT2D eigenvalue weighted by Crippen LogP contribution is -2.40. The Hall–Kier alpha value is -0.870. The fourth-order valence-corrected chi connectivity index (χ4v) is 2.40. The smallest absolute Gasteiger partial charge is 0.261 e. The summed E-state index contributed by atoms with van der Waals surface area (Å²) >= 11 is 1.46. The van der Waals surface area contributed by atoms with Gasteiger partial charge < -0.3 is 10.1 Å². The first kappa shape index (κ1) is 10.6. The number of amides is 1. The van der Waals surface area contributed by atoms with Crippen LogP contribution in [0.15, 0.2) is 17.5 Å². The van der Waals surface area contributed by atoms with Crippen LogP contribution in [-0.4, -0.2) is 24.7 Å². The van der Waals surface area contributed by atoms with Crippen molar-refractivity contribution >= 4 is 17.2 Å². The number of rotatable bonds is 3. The highest BCUT2D eigenvalue weighted by Gasteiger charge is 2.23. The van der Waals surface area contributed by atoms with Gasteiger partial charge in [0.05, 0.1) is 17.0 Å². The van der Waals surface area contributed by atoms with Crippen molar-refractivity contribution in [2.24, 2.45) is 0 Å². The van der Waals surface area contributed by atoms with Crippen molar-refractivity contribution in [2.45, 2.75) is 31.9 Å². The van der Waals surface area contributed by atoms with E-state index in [1.54, 1.807) is 0 Å². The summed E-state index contributed by atoms with van der Waals surface area (Å²) in [5.74, 6) is 0.00741. The summed E-state index contributed by atoms with van der Waals surface area (Å²) in [6.07, 6.45) is 2.34. The van der Waals surface area contributed by atoms with Gasteiger partial charge in [-0.3, -0.25) is 4.79 Å². The average molecular weight is 225 g/mol. The van der Waals surface area contributed by atoms with Gasteiger partial charge >= 0.3 is 0 Å². The van der Waals surface area contributed by atoms with Crippen LogP contribution in [0, 0.1) is 0 Å². The number of thiophene rings is 1. The average Bonchev–Trinajstić information content (AvgIpc) is 2.91. The van der Waals surface area contributed by atoms with Gasteiger partial charge in [0, 0.05) is 6.61 Å². The summed E-state index contributed by atoms with van der Waals surface area (Å²) in [5, 5.41) is 4.88. The zero-order valence-corrected chi connectivity index (χ0v) is 9.55. The molecule has 2 rings (SSSR count). The molecule has 0 aliphatic carbocycles. The number of ether oxygens (including phenoxy) is 1. The third-order valence-electron chi connectivity index (χ3n) is 2.63. The zero-order chi connectivity index (χ0) is 10.7. The number of hydrogen-bond acceptors (Lipinski definition) is 3. The lowest BCUT2D eigenvalue weighted by molar-refractivity contribution is 0.0714. The van der Waals surface area contributed by atoms with Gasteiger partial charge in [-0.05, 0) is 31.2 Å². The number of carbonyl (C=O) groups is 1. The third kappa shape index (κ3) is 2.58. The first-order valence-electron chi connectivity index (χ1n) is 5.23. The largest absolute Gasteiger partial charge is 0.376 e. The van der Waals surface area contributed by atoms with E-state index in [9.17, 15) is 4.79 Å². The van der Waals surface area contributed by atoms with Crippen LogP contribution in [0.2, 0.25) is 0 Å². The molecule has 0 unspecified atom stereocenters. The number of hydrogen-bond donors (Lipinski definition) is 1. The SMILES string of the molecule is C[C@H](NC(=O)c1cccs1)[C@H]1CCCO1. The van der Waals surface area contributed by atoms with E-state index in [1.807, 2.05) is 24.4 Å². The summed E-state index contributed by atoms with van der Waals surface area (Å²) in [5.41, 5.74) is 0. The highest BCUT2D eigenvalue weighted by atomic mass is 32.1. The van der Waals surface area contributed by atoms with Crippen molar-refractivity contribution in [3.05, 3.63) is 22.4 Å². The third-order valence-corrected chi connectivity index (χ3v) is 3.49. The molecule has 1 N–H and O–H groups in total. The zero-order valence-electron chi connectivity index (χ0n) is 8.73. The molecule has 1 aliphatic rings. The highest BCUT2D eigenvalue weighted by Crippen LogP contribution is 2.16. The topological polar surface area (TPSA) is 38.3 Å². The van der Waals surface area contributed by atoms with Crippen LogP contribution in [0.1, 0.15) is 29.4 Å². The monoisotopic (exact) mass is 225 g/mol. The van der Waals surface area contributed by atoms with E-state index >= 15 is 0 Å². The van der Waals surface area contributed by atoms with Crippen LogP contribution in [0.5, 0.6) is 0 Å². The molecule has 82 valence electrons. The molecule has 1 aromatic rings. The summed E-state index contributed by atoms with van der Waals surface area (Å²) < 4.78 is 5.52. The van der Waals surface area contributed by atoms with Gasteiger partial charge in [-0.15, -0.1) is 11.3 Å². The predicted octanol–water partition coefficient (Wildman–Crippen LogP) is 2.05. The van der Waals surface area contributed by atoms with Crippen molar-refractivity contribution < 1.29 is 9.53 Å². The second kappa shape index (κ2) is 4.77. The maximum Gasteiger partial charge on any atom is 0.261 e. The van der Waals surface area contributed by atoms with Gasteiger partial charge in [0.2, 0.25) is 0 Å². The van der Waals surface area contributed by atoms with Gasteiger partial charge in [-0.2, -0.15) is 0 Å². The van der Waals surface area contributed by atoms with Crippen molar-refractivity contribution in [3.8, 4) is 0 Å². The Labute approximate surface area is 93.4 Å². The molecule has 1 aromatic heterocycles. The van der Waals surface area contributed by atoms with Crippen molar-refractivity contribution in [2.75, 3.05) is 6.61 Å². The molecule has 1 saturated heterocycles. The quantitative estimate of drug-likeness (QED) is 0.855. The second-order valence-electron chi connectivity index (χ2n) is 3.79. The molecule has 4 heteroatoms. The van der Waals surface area contributed by atoms with E-state index in [2.05, 4.69) is 5.32 Å². The molecule has 0 radical (unpaired) electrons. The van der Waals surface area contributed by atoms with Crippen LogP contribution >= 0.6 is 11.3 Å². The Balaban J connectivity index is 1.88. The molecule has 3 nitrogen and oxygen atoms in total. The second-order valence-corrected chi connectivity index (χ2v) is 4.74. The van der Waals surface area contributed by atoms with Crippen LogP contribution < -0.4 is 5.32 Å². The van der Waals surface area contributed by atoms with Crippen LogP contribution in [0.3, 0.4) is 0 Å². The predicted molar refractivity (Wildman–Crippen MR) is 60.2 cm³/mol. The van der Waals surface area contributed by atoms with E-state index in [0.717, 1.165) is 24.3 Å². The molecule has 2 heterocycles. The van der Waals surface area contributed by atoms with Crippen molar-refractivity contribution in [3.63, 3.8) is 0 Å². The normalized spacial score (nSPS) is 22.6. The fraction of sp³-hybridized carbons (Fsp3) is 0.545. The summed E-state index contributed by atoms with van der Waals surface area (Å²) in [6, 6.07) is 3.82. The number of nitrogens with one attached hydrogen (secondary N) is 1. The highest BCUT2D eigenvalue weighted by molar-refractivity contribution is 7.12. The van der Waals surface area contributed by atoms with Crippen molar-refractivity contribution in [1.82, 2.24) is 5.32 Å². The Kier molecular flexibility index (Phi) is 3.38. The summed E-state index contributed by atoms with van der Waals surface area (Å²) in [7, 11) is 0. The number of carbonyl (C=O) groups excluding carboxylic acids is 1. The Morgan fingerprint density at radius 1 is 1.73 bits per heavy atom. The van der Waals surface area contributed by atoms with E-state index in [0.29, 0.717) is 0 Å². The summed E-state index contributed by atoms with van der Waals surface area (Å²) in [6.45, 7) is 2.82. The van der Waals surface area contributed by atoms with Gasteiger partial charge in [0.25, 0.3) is 5.91 Å². The molecule has 0 aromatic carbocycles. The van der Waals surface area contributed by atoms with Gasteiger partial charge in [0.15, 0.2) is 0 Å². The Bertz CT molecular complexity index is 317. The molecule has 2 atom stereocenters. The molecule has 0 bridgehead atoms. The summed E-state index contributed by atoms with van der Waals surface area (Å²) in [4.78, 5) is 12.5. The lowest BCUT2D eigenvalue weighted by atomic mass is 10.1. The first-order valence-corrected chi connectivity index (χ1v) is 6.11. The minimum absolute atomic E-state index is 0.00741. The molecular formula is C11H15NO2S. The van der Waals surface area contributed by atoms with E-state index in [4.69, 9.17) is 4.74 Å². The van der Waals surface area contributed by atoms with Gasteiger partial charge in [-0.25, -0.2) is 0 Å². The van der Waals surface area contributed by atoms with E-state index in [-0.39, 0.29) is 18.1 Å². The van der Waals surface area contributed by atoms with Gasteiger partial charge in [0.1, 0.15) is 0 Å². The standard InChI is InChI=1S/C11H15NO2S/c1-8(9-4-2-6-14-9)12-11(13)10-5-3-7-15-10/h3,5,7-9H,2,4,6H2,1H3,(H,12,13)/t8-,9+/m0/s1. The molecule has 0 spiro atoms. The molecule has 15 heavy (non-hydrogen) atoms. The lowest BCUT2D eigenvalue weighted by Gasteiger charge is -2.19. The maximum atomic E-state index is 11.7. The maximum absolute atomic E-state index is 11.7. The van der Waals surface area contributed by atoms with Crippen LogP contribution in [0.4, 0.5) is 0 Å². The molecule has 1 aliphatic heterocycles. The minimum Gasteiger partial charge on any atom is -0.376 e. The molecule has 0 saturated carbocycles. The van der Waals surface area contributed by atoms with E-state index < -0.39 is 0 Å². The molecule has 1 fully saturated rings. The van der Waals surface area contributed by atoms with Crippen molar-refractivity contribution in [1.29, 1.82) is 0 Å². The van der Waals surface area contributed by atoms with Crippen LogP contribution in [0.25, 0.3) is 0 Å². The Morgan fingerprint density at radius 3 is 3.20 bits per heavy atom.